The van der Waals surface area contributed by atoms with Crippen LogP contribution in [0, 0.1) is 13.8 Å². The molecule has 0 spiro atoms. The summed E-state index contributed by atoms with van der Waals surface area (Å²) >= 11 is 5.97. The highest BCUT2D eigenvalue weighted by Crippen LogP contribution is 2.20. The summed E-state index contributed by atoms with van der Waals surface area (Å²) in [6, 6.07) is 12.8. The summed E-state index contributed by atoms with van der Waals surface area (Å²) in [4.78, 5) is 11.8. The number of hydrogen-bond acceptors (Lipinski definition) is 2. The molecule has 0 radical (unpaired) electrons. The second-order valence-electron chi connectivity index (χ2n) is 4.98. The van der Waals surface area contributed by atoms with E-state index in [4.69, 9.17) is 16.3 Å². The Morgan fingerprint density at radius 1 is 1.18 bits per heavy atom. The fraction of sp³-hybridized carbons (Fsp3) is 0.235. The maximum absolute atomic E-state index is 11.8. The number of urea groups is 1. The first-order valence-corrected chi connectivity index (χ1v) is 7.43. The van der Waals surface area contributed by atoms with Gasteiger partial charge in [-0.3, -0.25) is 0 Å². The number of para-hydroxylation sites is 1. The number of hydrogen-bond donors (Lipinski definition) is 2. The molecule has 2 aromatic rings. The van der Waals surface area contributed by atoms with Gasteiger partial charge >= 0.3 is 6.03 Å². The second-order valence-corrected chi connectivity index (χ2v) is 5.39. The van der Waals surface area contributed by atoms with Crippen LogP contribution in [-0.4, -0.2) is 19.2 Å². The van der Waals surface area contributed by atoms with Crippen LogP contribution in [0.25, 0.3) is 0 Å². The average molecular weight is 319 g/mol. The Labute approximate surface area is 135 Å². The molecule has 0 saturated heterocycles. The summed E-state index contributed by atoms with van der Waals surface area (Å²) in [5.74, 6) is 0.841. The van der Waals surface area contributed by atoms with Gasteiger partial charge in [-0.15, -0.1) is 0 Å². The number of amides is 2. The third-order valence-corrected chi connectivity index (χ3v) is 3.44. The van der Waals surface area contributed by atoms with E-state index in [9.17, 15) is 4.79 Å². The van der Waals surface area contributed by atoms with Crippen molar-refractivity contribution in [3.63, 3.8) is 0 Å². The molecule has 0 saturated carbocycles. The first-order chi connectivity index (χ1) is 10.6. The number of halogens is 1. The Kier molecular flexibility index (Phi) is 5.67. The summed E-state index contributed by atoms with van der Waals surface area (Å²) in [5, 5.41) is 5.92. The van der Waals surface area contributed by atoms with Crippen LogP contribution < -0.4 is 15.4 Å². The Balaban J connectivity index is 1.76. The molecular weight excluding hydrogens is 300 g/mol. The van der Waals surface area contributed by atoms with E-state index in [1.54, 1.807) is 12.1 Å². The van der Waals surface area contributed by atoms with E-state index in [1.807, 2.05) is 44.2 Å². The Hall–Kier alpha value is -2.20. The molecule has 2 amide bonds. The Bertz CT molecular complexity index is 659. The zero-order valence-corrected chi connectivity index (χ0v) is 13.4. The summed E-state index contributed by atoms with van der Waals surface area (Å²) in [6.07, 6.45) is 0. The molecule has 2 N–H and O–H groups in total. The van der Waals surface area contributed by atoms with Crippen molar-refractivity contribution < 1.29 is 9.53 Å². The maximum Gasteiger partial charge on any atom is 0.319 e. The van der Waals surface area contributed by atoms with Gasteiger partial charge in [-0.1, -0.05) is 35.9 Å². The summed E-state index contributed by atoms with van der Waals surface area (Å²) in [5.41, 5.74) is 2.80. The number of nitrogens with one attached hydrogen (secondary N) is 2. The van der Waals surface area contributed by atoms with E-state index in [2.05, 4.69) is 10.6 Å². The van der Waals surface area contributed by atoms with Crippen LogP contribution in [0.3, 0.4) is 0 Å². The predicted molar refractivity (Wildman–Crippen MR) is 89.9 cm³/mol. The van der Waals surface area contributed by atoms with Crippen LogP contribution in [0.4, 0.5) is 10.5 Å². The number of rotatable bonds is 5. The highest BCUT2D eigenvalue weighted by Gasteiger charge is 2.04. The minimum atomic E-state index is -0.308. The van der Waals surface area contributed by atoms with E-state index in [1.165, 1.54) is 0 Å². The number of carbonyl (C=O) groups is 1. The molecule has 0 bridgehead atoms. The fourth-order valence-electron chi connectivity index (χ4n) is 1.92. The largest absolute Gasteiger partial charge is 0.491 e. The van der Waals surface area contributed by atoms with Crippen LogP contribution >= 0.6 is 11.6 Å². The van der Waals surface area contributed by atoms with Gasteiger partial charge < -0.3 is 15.4 Å². The lowest BCUT2D eigenvalue weighted by molar-refractivity contribution is 0.247. The molecule has 0 aliphatic heterocycles. The topological polar surface area (TPSA) is 50.4 Å². The lowest BCUT2D eigenvalue weighted by atomic mass is 10.1. The van der Waals surface area contributed by atoms with Crippen molar-refractivity contribution >= 4 is 23.3 Å². The van der Waals surface area contributed by atoms with Gasteiger partial charge in [-0.05, 0) is 43.2 Å². The molecule has 22 heavy (non-hydrogen) atoms. The van der Waals surface area contributed by atoms with Gasteiger partial charge in [0.1, 0.15) is 12.4 Å². The molecule has 116 valence electrons. The fourth-order valence-corrected chi connectivity index (χ4v) is 2.10. The number of aryl methyl sites for hydroxylation is 2. The molecule has 0 aliphatic carbocycles. The van der Waals surface area contributed by atoms with Gasteiger partial charge in [0.05, 0.1) is 17.3 Å². The first kappa shape index (κ1) is 16.2. The Morgan fingerprint density at radius 3 is 2.73 bits per heavy atom. The van der Waals surface area contributed by atoms with Crippen molar-refractivity contribution in [1.29, 1.82) is 0 Å². The van der Waals surface area contributed by atoms with Crippen molar-refractivity contribution in [1.82, 2.24) is 5.32 Å². The monoisotopic (exact) mass is 318 g/mol. The standard InChI is InChI=1S/C17H19ClN2O2/c1-12-7-8-13(2)16(11-12)22-10-9-19-17(21)20-15-6-4-3-5-14(15)18/h3-8,11H,9-10H2,1-2H3,(H2,19,20,21). The third kappa shape index (κ3) is 4.67. The van der Waals surface area contributed by atoms with E-state index in [-0.39, 0.29) is 6.03 Å². The molecule has 0 aromatic heterocycles. The van der Waals surface area contributed by atoms with Crippen molar-refractivity contribution in [3.05, 3.63) is 58.6 Å². The highest BCUT2D eigenvalue weighted by atomic mass is 35.5. The lowest BCUT2D eigenvalue weighted by Crippen LogP contribution is -2.32. The van der Waals surface area contributed by atoms with Crippen LogP contribution in [-0.2, 0) is 0 Å². The zero-order chi connectivity index (χ0) is 15.9. The molecule has 0 atom stereocenters. The summed E-state index contributed by atoms with van der Waals surface area (Å²) in [6.45, 7) is 4.82. The normalized spacial score (nSPS) is 10.1. The van der Waals surface area contributed by atoms with Gasteiger partial charge in [-0.2, -0.15) is 0 Å². The van der Waals surface area contributed by atoms with Crippen LogP contribution in [0.2, 0.25) is 5.02 Å². The van der Waals surface area contributed by atoms with Crippen LogP contribution in [0.1, 0.15) is 11.1 Å². The quantitative estimate of drug-likeness (QED) is 0.813. The highest BCUT2D eigenvalue weighted by molar-refractivity contribution is 6.33. The van der Waals surface area contributed by atoms with Crippen molar-refractivity contribution in [2.24, 2.45) is 0 Å². The minimum absolute atomic E-state index is 0.308. The average Bonchev–Trinajstić information content (AvgIpc) is 2.49. The van der Waals surface area contributed by atoms with E-state index < -0.39 is 0 Å². The maximum atomic E-state index is 11.8. The van der Waals surface area contributed by atoms with E-state index >= 15 is 0 Å². The lowest BCUT2D eigenvalue weighted by Gasteiger charge is -2.11. The number of benzene rings is 2. The SMILES string of the molecule is Cc1ccc(C)c(OCCNC(=O)Nc2ccccc2Cl)c1. The molecule has 2 aromatic carbocycles. The molecular formula is C17H19ClN2O2. The smallest absolute Gasteiger partial charge is 0.319 e. The van der Waals surface area contributed by atoms with E-state index in [0.29, 0.717) is 23.9 Å². The Morgan fingerprint density at radius 2 is 1.95 bits per heavy atom. The van der Waals surface area contributed by atoms with Gasteiger partial charge in [0.15, 0.2) is 0 Å². The van der Waals surface area contributed by atoms with Crippen LogP contribution in [0.5, 0.6) is 5.75 Å². The molecule has 0 unspecified atom stereocenters. The molecule has 0 aliphatic rings. The molecule has 5 heteroatoms. The van der Waals surface area contributed by atoms with Gasteiger partial charge in [-0.25, -0.2) is 4.79 Å². The third-order valence-electron chi connectivity index (χ3n) is 3.11. The van der Waals surface area contributed by atoms with Crippen molar-refractivity contribution in [2.45, 2.75) is 13.8 Å². The molecule has 4 nitrogen and oxygen atoms in total. The molecule has 0 heterocycles. The minimum Gasteiger partial charge on any atom is -0.491 e. The number of anilines is 1. The van der Waals surface area contributed by atoms with Crippen molar-refractivity contribution in [2.75, 3.05) is 18.5 Å². The molecule has 0 fully saturated rings. The molecule has 2 rings (SSSR count). The summed E-state index contributed by atoms with van der Waals surface area (Å²) < 4.78 is 5.67. The number of ether oxygens (including phenoxy) is 1. The van der Waals surface area contributed by atoms with Crippen molar-refractivity contribution in [3.8, 4) is 5.75 Å². The second kappa shape index (κ2) is 7.71. The zero-order valence-electron chi connectivity index (χ0n) is 12.7. The number of carbonyl (C=O) groups excluding carboxylic acids is 1. The predicted octanol–water partition coefficient (Wildman–Crippen LogP) is 4.16. The van der Waals surface area contributed by atoms with Gasteiger partial charge in [0.2, 0.25) is 0 Å². The van der Waals surface area contributed by atoms with Gasteiger partial charge in [0, 0.05) is 0 Å². The first-order valence-electron chi connectivity index (χ1n) is 7.05. The van der Waals surface area contributed by atoms with Crippen LogP contribution in [0.15, 0.2) is 42.5 Å². The summed E-state index contributed by atoms with van der Waals surface area (Å²) in [7, 11) is 0. The van der Waals surface area contributed by atoms with E-state index in [0.717, 1.165) is 16.9 Å². The van der Waals surface area contributed by atoms with Gasteiger partial charge in [0.25, 0.3) is 0 Å².